The van der Waals surface area contributed by atoms with Crippen molar-refractivity contribution in [2.75, 3.05) is 17.7 Å². The summed E-state index contributed by atoms with van der Waals surface area (Å²) in [6.07, 6.45) is 4.83. The van der Waals surface area contributed by atoms with Crippen molar-refractivity contribution < 1.29 is 14.3 Å². The first-order valence-electron chi connectivity index (χ1n) is 13.4. The molecule has 0 fully saturated rings. The van der Waals surface area contributed by atoms with Crippen molar-refractivity contribution in [2.24, 2.45) is 5.92 Å². The Morgan fingerprint density at radius 2 is 2.10 bits per heavy atom. The fraction of sp³-hybridized carbons (Fsp3) is 0.333. The van der Waals surface area contributed by atoms with Crippen LogP contribution in [-0.4, -0.2) is 33.8 Å². The van der Waals surface area contributed by atoms with Crippen LogP contribution in [0.3, 0.4) is 0 Å². The summed E-state index contributed by atoms with van der Waals surface area (Å²) in [5.41, 5.74) is 2.91. The standard InChI is InChI=1S/C30H30ClN3O4S3/c1-4-13-34-28(36)24-20-11-6-17(3)15-22(20)41-27(24)33-30(34)39-14-12-23(35)32-26-25(29(37)38-5-2)21(16-40-26)18-7-9-19(31)10-8-18/h4,7-10,16-17H,1,5-6,11-15H2,2-3H3,(H,32,35)/t17-/m0/s1. The number of esters is 1. The van der Waals surface area contributed by atoms with E-state index in [2.05, 4.69) is 18.8 Å². The lowest BCUT2D eigenvalue weighted by atomic mass is 9.89. The van der Waals surface area contributed by atoms with Gasteiger partial charge in [0, 0.05) is 39.6 Å². The van der Waals surface area contributed by atoms with Gasteiger partial charge >= 0.3 is 5.97 Å². The van der Waals surface area contributed by atoms with Gasteiger partial charge in [0.2, 0.25) is 5.91 Å². The Hall–Kier alpha value is -2.92. The first-order valence-corrected chi connectivity index (χ1v) is 16.5. The van der Waals surface area contributed by atoms with Crippen LogP contribution in [0, 0.1) is 5.92 Å². The molecule has 3 aromatic heterocycles. The number of halogens is 1. The van der Waals surface area contributed by atoms with Gasteiger partial charge < -0.3 is 10.1 Å². The highest BCUT2D eigenvalue weighted by Gasteiger charge is 2.25. The maximum atomic E-state index is 13.5. The van der Waals surface area contributed by atoms with Crippen molar-refractivity contribution in [1.82, 2.24) is 9.55 Å². The van der Waals surface area contributed by atoms with E-state index in [1.165, 1.54) is 28.0 Å². The zero-order valence-electron chi connectivity index (χ0n) is 22.8. The number of hydrogen-bond acceptors (Lipinski definition) is 8. The van der Waals surface area contributed by atoms with Gasteiger partial charge in [0.15, 0.2) is 5.16 Å². The number of rotatable bonds is 10. The number of amides is 1. The van der Waals surface area contributed by atoms with Gasteiger partial charge in [-0.1, -0.05) is 48.5 Å². The van der Waals surface area contributed by atoms with Gasteiger partial charge in [0.1, 0.15) is 15.4 Å². The van der Waals surface area contributed by atoms with Gasteiger partial charge in [0.25, 0.3) is 5.56 Å². The van der Waals surface area contributed by atoms with Crippen LogP contribution in [0.2, 0.25) is 5.02 Å². The molecular formula is C30H30ClN3O4S3. The number of carbonyl (C=O) groups excluding carboxylic acids is 2. The average Bonchev–Trinajstić information content (AvgIpc) is 3.52. The highest BCUT2D eigenvalue weighted by molar-refractivity contribution is 7.99. The highest BCUT2D eigenvalue weighted by Crippen LogP contribution is 2.38. The number of anilines is 1. The zero-order chi connectivity index (χ0) is 29.1. The van der Waals surface area contributed by atoms with Crippen molar-refractivity contribution in [3.05, 3.63) is 73.7 Å². The van der Waals surface area contributed by atoms with Gasteiger partial charge in [-0.25, -0.2) is 9.78 Å². The summed E-state index contributed by atoms with van der Waals surface area (Å²) >= 11 is 10.3. The Kier molecular flexibility index (Phi) is 9.33. The molecule has 0 saturated heterocycles. The van der Waals surface area contributed by atoms with Crippen molar-refractivity contribution in [2.45, 2.75) is 51.2 Å². The van der Waals surface area contributed by atoms with E-state index in [-0.39, 0.29) is 24.5 Å². The Labute approximate surface area is 255 Å². The minimum atomic E-state index is -0.498. The summed E-state index contributed by atoms with van der Waals surface area (Å²) < 4.78 is 6.94. The first kappa shape index (κ1) is 29.6. The summed E-state index contributed by atoms with van der Waals surface area (Å²) in [5.74, 6) is 0.273. The van der Waals surface area contributed by atoms with Crippen molar-refractivity contribution in [1.29, 1.82) is 0 Å². The van der Waals surface area contributed by atoms with Crippen LogP contribution in [0.5, 0.6) is 0 Å². The molecule has 3 heterocycles. The highest BCUT2D eigenvalue weighted by atomic mass is 35.5. The second-order valence-electron chi connectivity index (χ2n) is 9.86. The van der Waals surface area contributed by atoms with Crippen LogP contribution in [-0.2, 0) is 28.9 Å². The third kappa shape index (κ3) is 6.30. The SMILES string of the molecule is C=CCn1c(SCCC(=O)Nc2scc(-c3ccc(Cl)cc3)c2C(=O)OCC)nc2sc3c(c2c1=O)CC[C@H](C)C3. The molecule has 0 aliphatic heterocycles. The maximum Gasteiger partial charge on any atom is 0.341 e. The van der Waals surface area contributed by atoms with Crippen LogP contribution < -0.4 is 10.9 Å². The van der Waals surface area contributed by atoms with Gasteiger partial charge in [-0.05, 0) is 55.4 Å². The molecule has 41 heavy (non-hydrogen) atoms. The average molecular weight is 628 g/mol. The Balaban J connectivity index is 1.33. The van der Waals surface area contributed by atoms with E-state index in [0.29, 0.717) is 44.5 Å². The number of thioether (sulfide) groups is 1. The van der Waals surface area contributed by atoms with Gasteiger partial charge in [-0.3, -0.25) is 14.2 Å². The quantitative estimate of drug-likeness (QED) is 0.0850. The van der Waals surface area contributed by atoms with Crippen LogP contribution in [0.1, 0.15) is 47.5 Å². The molecule has 1 N–H and O–H groups in total. The number of thiophene rings is 2. The Bertz CT molecular complexity index is 1670. The summed E-state index contributed by atoms with van der Waals surface area (Å²) in [6.45, 7) is 8.37. The fourth-order valence-corrected chi connectivity index (χ4v) is 8.40. The largest absolute Gasteiger partial charge is 0.462 e. The summed E-state index contributed by atoms with van der Waals surface area (Å²) in [4.78, 5) is 46.3. The fourth-order valence-electron chi connectivity index (χ4n) is 4.93. The van der Waals surface area contributed by atoms with E-state index < -0.39 is 5.97 Å². The van der Waals surface area contributed by atoms with Gasteiger partial charge in [0.05, 0.1) is 12.0 Å². The van der Waals surface area contributed by atoms with Crippen LogP contribution in [0.15, 0.2) is 52.3 Å². The molecule has 0 spiro atoms. The molecule has 5 rings (SSSR count). The molecular weight excluding hydrogens is 598 g/mol. The summed E-state index contributed by atoms with van der Waals surface area (Å²) in [5, 5.41) is 7.06. The number of carbonyl (C=O) groups is 2. The third-order valence-electron chi connectivity index (χ3n) is 6.93. The number of aryl methyl sites for hydroxylation is 1. The van der Waals surface area contributed by atoms with Crippen LogP contribution >= 0.6 is 46.0 Å². The van der Waals surface area contributed by atoms with E-state index in [1.54, 1.807) is 41.0 Å². The minimum absolute atomic E-state index is 0.0405. The minimum Gasteiger partial charge on any atom is -0.462 e. The third-order valence-corrected chi connectivity index (χ3v) is 10.2. The monoisotopic (exact) mass is 627 g/mol. The molecule has 11 heteroatoms. The molecule has 4 aromatic rings. The number of nitrogens with one attached hydrogen (secondary N) is 1. The van der Waals surface area contributed by atoms with E-state index in [4.69, 9.17) is 21.3 Å². The molecule has 1 amide bonds. The number of fused-ring (bicyclic) bond motifs is 3. The normalized spacial score (nSPS) is 14.6. The maximum absolute atomic E-state index is 13.5. The first-order chi connectivity index (χ1) is 19.8. The van der Waals surface area contributed by atoms with Crippen molar-refractivity contribution in [3.8, 4) is 11.1 Å². The number of allylic oxidation sites excluding steroid dienone is 1. The summed E-state index contributed by atoms with van der Waals surface area (Å²) in [6, 6.07) is 7.16. The number of hydrogen-bond donors (Lipinski definition) is 1. The van der Waals surface area contributed by atoms with E-state index >= 15 is 0 Å². The molecule has 1 aromatic carbocycles. The second-order valence-corrected chi connectivity index (χ2v) is 13.3. The van der Waals surface area contributed by atoms with Crippen LogP contribution in [0.4, 0.5) is 5.00 Å². The topological polar surface area (TPSA) is 90.3 Å². The second kappa shape index (κ2) is 12.9. The number of aromatic nitrogens is 2. The Morgan fingerprint density at radius 3 is 2.83 bits per heavy atom. The lowest BCUT2D eigenvalue weighted by Crippen LogP contribution is -2.23. The summed E-state index contributed by atoms with van der Waals surface area (Å²) in [7, 11) is 0. The molecule has 0 radical (unpaired) electrons. The van der Waals surface area contributed by atoms with Gasteiger partial charge in [-0.15, -0.1) is 29.3 Å². The molecule has 0 unspecified atom stereocenters. The molecule has 1 atom stereocenters. The molecule has 1 aliphatic carbocycles. The lowest BCUT2D eigenvalue weighted by molar-refractivity contribution is -0.115. The van der Waals surface area contributed by atoms with Crippen molar-refractivity contribution in [3.63, 3.8) is 0 Å². The lowest BCUT2D eigenvalue weighted by Gasteiger charge is -2.17. The van der Waals surface area contributed by atoms with Gasteiger partial charge in [-0.2, -0.15) is 0 Å². The molecule has 0 bridgehead atoms. The molecule has 0 saturated carbocycles. The predicted molar refractivity (Wildman–Crippen MR) is 170 cm³/mol. The van der Waals surface area contributed by atoms with E-state index in [1.807, 2.05) is 17.5 Å². The Morgan fingerprint density at radius 1 is 1.32 bits per heavy atom. The van der Waals surface area contributed by atoms with E-state index in [0.717, 1.165) is 40.6 Å². The zero-order valence-corrected chi connectivity index (χ0v) is 26.0. The molecule has 214 valence electrons. The number of nitrogens with zero attached hydrogens (tertiary/aromatic N) is 2. The molecule has 1 aliphatic rings. The van der Waals surface area contributed by atoms with Crippen LogP contribution in [0.25, 0.3) is 21.3 Å². The smallest absolute Gasteiger partial charge is 0.341 e. The molecule has 7 nitrogen and oxygen atoms in total. The van der Waals surface area contributed by atoms with Crippen molar-refractivity contribution >= 4 is 73.1 Å². The predicted octanol–water partition coefficient (Wildman–Crippen LogP) is 7.45. The number of benzene rings is 1. The van der Waals surface area contributed by atoms with E-state index in [9.17, 15) is 14.4 Å². The number of ether oxygens (including phenoxy) is 1.